The van der Waals surface area contributed by atoms with Gasteiger partial charge in [-0.15, -0.1) is 0 Å². The zero-order valence-electron chi connectivity index (χ0n) is 10.8. The number of carbonyl (C=O) groups excluding carboxylic acids is 1. The highest BCUT2D eigenvalue weighted by molar-refractivity contribution is 5.78. The molecule has 1 aromatic rings. The van der Waals surface area contributed by atoms with Gasteiger partial charge in [0.15, 0.2) is 0 Å². The van der Waals surface area contributed by atoms with Crippen molar-refractivity contribution in [1.82, 2.24) is 0 Å². The minimum Gasteiger partial charge on any atom is -0.481 e. The summed E-state index contributed by atoms with van der Waals surface area (Å²) >= 11 is 0. The highest BCUT2D eigenvalue weighted by Gasteiger charge is 2.36. The Balaban J connectivity index is 2.77. The molecule has 98 valence electrons. The van der Waals surface area contributed by atoms with Crippen LogP contribution in [-0.4, -0.2) is 17.4 Å². The Kier molecular flexibility index (Phi) is 5.56. The van der Waals surface area contributed by atoms with Gasteiger partial charge in [-0.25, -0.2) is 0 Å². The molecule has 0 aliphatic carbocycles. The lowest BCUT2D eigenvalue weighted by atomic mass is 9.76. The van der Waals surface area contributed by atoms with Gasteiger partial charge in [-0.2, -0.15) is 0 Å². The monoisotopic (exact) mass is 248 g/mol. The summed E-state index contributed by atoms with van der Waals surface area (Å²) < 4.78 is 0. The number of aliphatic carboxylic acids is 1. The fourth-order valence-corrected chi connectivity index (χ4v) is 2.30. The number of rotatable bonds is 8. The minimum absolute atomic E-state index is 0.100. The lowest BCUT2D eigenvalue weighted by Crippen LogP contribution is -2.32. The Bertz CT molecular complexity index is 386. The van der Waals surface area contributed by atoms with Crippen LogP contribution in [0.4, 0.5) is 0 Å². The SMILES string of the molecule is CCCC(CC=O)(CCc1ccccc1)C(=O)O. The van der Waals surface area contributed by atoms with Gasteiger partial charge in [0.2, 0.25) is 0 Å². The number of hydrogen-bond donors (Lipinski definition) is 1. The van der Waals surface area contributed by atoms with Crippen LogP contribution in [-0.2, 0) is 16.0 Å². The molecule has 1 unspecified atom stereocenters. The molecule has 0 aliphatic rings. The van der Waals surface area contributed by atoms with Gasteiger partial charge in [0, 0.05) is 6.42 Å². The van der Waals surface area contributed by atoms with Crippen molar-refractivity contribution >= 4 is 12.3 Å². The molecule has 1 N–H and O–H groups in total. The summed E-state index contributed by atoms with van der Waals surface area (Å²) in [6.07, 6.45) is 3.36. The average Bonchev–Trinajstić information content (AvgIpc) is 2.37. The van der Waals surface area contributed by atoms with E-state index < -0.39 is 11.4 Å². The molecular weight excluding hydrogens is 228 g/mol. The third-order valence-corrected chi connectivity index (χ3v) is 3.39. The van der Waals surface area contributed by atoms with E-state index in [0.717, 1.165) is 18.3 Å². The van der Waals surface area contributed by atoms with E-state index in [2.05, 4.69) is 0 Å². The van der Waals surface area contributed by atoms with Crippen LogP contribution in [0, 0.1) is 5.41 Å². The molecule has 1 rings (SSSR count). The van der Waals surface area contributed by atoms with Crippen molar-refractivity contribution in [2.75, 3.05) is 0 Å². The maximum atomic E-state index is 11.5. The molecule has 3 nitrogen and oxygen atoms in total. The number of carboxylic acid groups (broad SMARTS) is 1. The molecule has 0 heterocycles. The van der Waals surface area contributed by atoms with Crippen molar-refractivity contribution in [3.8, 4) is 0 Å². The number of carboxylic acids is 1. The Hall–Kier alpha value is -1.64. The zero-order valence-corrected chi connectivity index (χ0v) is 10.8. The zero-order chi connectivity index (χ0) is 13.4. The first kappa shape index (κ1) is 14.4. The number of aryl methyl sites for hydroxylation is 1. The second-order valence-electron chi connectivity index (χ2n) is 4.69. The average molecular weight is 248 g/mol. The Morgan fingerprint density at radius 1 is 1.28 bits per heavy atom. The summed E-state index contributed by atoms with van der Waals surface area (Å²) in [5, 5.41) is 9.41. The van der Waals surface area contributed by atoms with Crippen molar-refractivity contribution in [2.45, 2.75) is 39.0 Å². The minimum atomic E-state index is -0.896. The van der Waals surface area contributed by atoms with Crippen LogP contribution in [0.15, 0.2) is 30.3 Å². The Morgan fingerprint density at radius 2 is 1.94 bits per heavy atom. The van der Waals surface area contributed by atoms with Crippen LogP contribution in [0.25, 0.3) is 0 Å². The molecule has 0 saturated heterocycles. The van der Waals surface area contributed by atoms with Gasteiger partial charge in [0.1, 0.15) is 6.29 Å². The third-order valence-electron chi connectivity index (χ3n) is 3.39. The maximum absolute atomic E-state index is 11.5. The molecular formula is C15H20O3. The van der Waals surface area contributed by atoms with Gasteiger partial charge in [0.25, 0.3) is 0 Å². The first-order valence-electron chi connectivity index (χ1n) is 6.35. The van der Waals surface area contributed by atoms with Crippen LogP contribution in [0.1, 0.15) is 38.2 Å². The van der Waals surface area contributed by atoms with Crippen molar-refractivity contribution in [2.24, 2.45) is 5.41 Å². The number of hydrogen-bond acceptors (Lipinski definition) is 2. The molecule has 0 spiro atoms. The van der Waals surface area contributed by atoms with Crippen molar-refractivity contribution < 1.29 is 14.7 Å². The lowest BCUT2D eigenvalue weighted by molar-refractivity contribution is -0.151. The van der Waals surface area contributed by atoms with E-state index in [9.17, 15) is 14.7 Å². The van der Waals surface area contributed by atoms with E-state index in [1.54, 1.807) is 0 Å². The van der Waals surface area contributed by atoms with Crippen LogP contribution >= 0.6 is 0 Å². The smallest absolute Gasteiger partial charge is 0.310 e. The largest absolute Gasteiger partial charge is 0.481 e. The van der Waals surface area contributed by atoms with Crippen molar-refractivity contribution in [3.05, 3.63) is 35.9 Å². The molecule has 0 aliphatic heterocycles. The molecule has 0 aromatic heterocycles. The summed E-state index contributed by atoms with van der Waals surface area (Å²) in [4.78, 5) is 22.2. The predicted octanol–water partition coefficient (Wildman–Crippen LogP) is 3.08. The summed E-state index contributed by atoms with van der Waals surface area (Å²) in [5.74, 6) is -0.854. The topological polar surface area (TPSA) is 54.4 Å². The molecule has 0 radical (unpaired) electrons. The number of benzene rings is 1. The molecule has 0 bridgehead atoms. The summed E-state index contributed by atoms with van der Waals surface area (Å²) in [6.45, 7) is 1.95. The molecule has 1 aromatic carbocycles. The van der Waals surface area contributed by atoms with Crippen LogP contribution in [0.5, 0.6) is 0 Å². The summed E-state index contributed by atoms with van der Waals surface area (Å²) in [7, 11) is 0. The molecule has 0 amide bonds. The predicted molar refractivity (Wildman–Crippen MR) is 70.4 cm³/mol. The van der Waals surface area contributed by atoms with E-state index in [-0.39, 0.29) is 6.42 Å². The first-order chi connectivity index (χ1) is 8.64. The number of aldehydes is 1. The van der Waals surface area contributed by atoms with Crippen molar-refractivity contribution in [1.29, 1.82) is 0 Å². The Morgan fingerprint density at radius 3 is 2.44 bits per heavy atom. The molecule has 1 atom stereocenters. The lowest BCUT2D eigenvalue weighted by Gasteiger charge is -2.27. The standard InChI is InChI=1S/C15H20O3/c1-2-9-15(11-12-16,14(17)18)10-8-13-6-4-3-5-7-13/h3-7,12H,2,8-11H2,1H3,(H,17,18). The van der Waals surface area contributed by atoms with Gasteiger partial charge in [-0.1, -0.05) is 43.7 Å². The molecule has 0 saturated carbocycles. The van der Waals surface area contributed by atoms with Gasteiger partial charge in [0.05, 0.1) is 5.41 Å². The van der Waals surface area contributed by atoms with Gasteiger partial charge < -0.3 is 9.90 Å². The fraction of sp³-hybridized carbons (Fsp3) is 0.467. The highest BCUT2D eigenvalue weighted by atomic mass is 16.4. The normalized spacial score (nSPS) is 13.8. The fourth-order valence-electron chi connectivity index (χ4n) is 2.30. The van der Waals surface area contributed by atoms with Crippen LogP contribution in [0.3, 0.4) is 0 Å². The van der Waals surface area contributed by atoms with Gasteiger partial charge in [-0.3, -0.25) is 4.79 Å². The van der Waals surface area contributed by atoms with Crippen LogP contribution in [0.2, 0.25) is 0 Å². The summed E-state index contributed by atoms with van der Waals surface area (Å²) in [6, 6.07) is 9.79. The molecule has 3 heteroatoms. The van der Waals surface area contributed by atoms with E-state index in [0.29, 0.717) is 19.3 Å². The van der Waals surface area contributed by atoms with E-state index in [1.807, 2.05) is 37.3 Å². The maximum Gasteiger partial charge on any atom is 0.310 e. The Labute approximate surface area is 108 Å². The second-order valence-corrected chi connectivity index (χ2v) is 4.69. The van der Waals surface area contributed by atoms with Crippen molar-refractivity contribution in [3.63, 3.8) is 0 Å². The van der Waals surface area contributed by atoms with E-state index >= 15 is 0 Å². The first-order valence-corrected chi connectivity index (χ1v) is 6.35. The number of carbonyl (C=O) groups is 2. The molecule has 0 fully saturated rings. The quantitative estimate of drug-likeness (QED) is 0.719. The van der Waals surface area contributed by atoms with E-state index in [4.69, 9.17) is 0 Å². The third kappa shape index (κ3) is 3.69. The van der Waals surface area contributed by atoms with Gasteiger partial charge >= 0.3 is 5.97 Å². The second kappa shape index (κ2) is 6.94. The summed E-state index contributed by atoms with van der Waals surface area (Å²) in [5.41, 5.74) is 0.219. The van der Waals surface area contributed by atoms with Gasteiger partial charge in [-0.05, 0) is 24.8 Å². The van der Waals surface area contributed by atoms with Crippen LogP contribution < -0.4 is 0 Å². The highest BCUT2D eigenvalue weighted by Crippen LogP contribution is 2.33. The van der Waals surface area contributed by atoms with E-state index in [1.165, 1.54) is 0 Å². The molecule has 18 heavy (non-hydrogen) atoms.